The molecule has 25 heavy (non-hydrogen) atoms. The minimum absolute atomic E-state index is 0.188. The van der Waals surface area contributed by atoms with Crippen LogP contribution >= 0.6 is 0 Å². The van der Waals surface area contributed by atoms with Crippen molar-refractivity contribution >= 4 is 17.7 Å². The third kappa shape index (κ3) is 3.97. The zero-order valence-electron chi connectivity index (χ0n) is 14.1. The van der Waals surface area contributed by atoms with Crippen molar-refractivity contribution in [3.8, 4) is 5.75 Å². The molecule has 6 nitrogen and oxygen atoms in total. The molecule has 1 fully saturated rings. The normalized spacial score (nSPS) is 15.1. The Kier molecular flexibility index (Phi) is 5.30. The molecule has 1 aliphatic rings. The Labute approximate surface area is 145 Å². The summed E-state index contributed by atoms with van der Waals surface area (Å²) in [6.07, 6.45) is 3.33. The van der Waals surface area contributed by atoms with Crippen LogP contribution in [0.4, 0.5) is 0 Å². The van der Waals surface area contributed by atoms with Crippen molar-refractivity contribution in [2.45, 2.75) is 0 Å². The average Bonchev–Trinajstić information content (AvgIpc) is 2.67. The number of ether oxygens (including phenoxy) is 2. The highest BCUT2D eigenvalue weighted by Crippen LogP contribution is 2.17. The third-order valence-corrected chi connectivity index (χ3v) is 4.02. The number of rotatable bonds is 4. The summed E-state index contributed by atoms with van der Waals surface area (Å²) in [5.74, 6) is 0.544. The summed E-state index contributed by atoms with van der Waals surface area (Å²) >= 11 is 0. The number of carbonyl (C=O) groups is 1. The predicted octanol–water partition coefficient (Wildman–Crippen LogP) is 1.71. The van der Waals surface area contributed by atoms with Crippen molar-refractivity contribution < 1.29 is 14.3 Å². The molecule has 0 aliphatic carbocycles. The molecule has 0 unspecified atom stereocenters. The maximum Gasteiger partial charge on any atom is 0.271 e. The summed E-state index contributed by atoms with van der Waals surface area (Å²) in [4.78, 5) is 26.9. The van der Waals surface area contributed by atoms with Gasteiger partial charge in [-0.25, -0.2) is 0 Å². The molecule has 2 aromatic rings. The SMILES string of the molecule is COc1ccc(C=C(C(=O)N2CCOCC2)n2ccccc2=O)cc1. The zero-order valence-corrected chi connectivity index (χ0v) is 14.1. The number of hydrogen-bond acceptors (Lipinski definition) is 4. The van der Waals surface area contributed by atoms with Gasteiger partial charge in [0.1, 0.15) is 11.4 Å². The van der Waals surface area contributed by atoms with Gasteiger partial charge in [0.15, 0.2) is 0 Å². The van der Waals surface area contributed by atoms with Crippen molar-refractivity contribution in [2.75, 3.05) is 33.4 Å². The van der Waals surface area contributed by atoms with E-state index in [1.807, 2.05) is 24.3 Å². The van der Waals surface area contributed by atoms with E-state index in [9.17, 15) is 9.59 Å². The van der Waals surface area contributed by atoms with E-state index in [0.29, 0.717) is 32.0 Å². The molecule has 6 heteroatoms. The summed E-state index contributed by atoms with van der Waals surface area (Å²) in [5.41, 5.74) is 0.884. The number of benzene rings is 1. The van der Waals surface area contributed by atoms with Crippen molar-refractivity contribution in [3.05, 3.63) is 64.6 Å². The number of carbonyl (C=O) groups excluding carboxylic acids is 1. The monoisotopic (exact) mass is 340 g/mol. The minimum Gasteiger partial charge on any atom is -0.497 e. The van der Waals surface area contributed by atoms with Crippen LogP contribution in [0.5, 0.6) is 5.75 Å². The molecule has 0 saturated carbocycles. The Morgan fingerprint density at radius 3 is 2.48 bits per heavy atom. The Hall–Kier alpha value is -2.86. The number of amides is 1. The van der Waals surface area contributed by atoms with E-state index in [1.54, 1.807) is 36.4 Å². The Balaban J connectivity index is 2.01. The van der Waals surface area contributed by atoms with Crippen LogP contribution in [0, 0.1) is 0 Å². The van der Waals surface area contributed by atoms with Crippen molar-refractivity contribution in [3.63, 3.8) is 0 Å². The number of morpholine rings is 1. The molecule has 1 aromatic carbocycles. The highest BCUT2D eigenvalue weighted by molar-refractivity contribution is 6.18. The highest BCUT2D eigenvalue weighted by Gasteiger charge is 2.22. The fourth-order valence-corrected chi connectivity index (χ4v) is 2.65. The van der Waals surface area contributed by atoms with E-state index in [0.717, 1.165) is 11.3 Å². The van der Waals surface area contributed by atoms with Gasteiger partial charge in [-0.2, -0.15) is 0 Å². The molecular formula is C19H20N2O4. The van der Waals surface area contributed by atoms with Crippen molar-refractivity contribution in [1.29, 1.82) is 0 Å². The summed E-state index contributed by atoms with van der Waals surface area (Å²) < 4.78 is 11.8. The van der Waals surface area contributed by atoms with Crippen LogP contribution in [0.15, 0.2) is 53.5 Å². The fraction of sp³-hybridized carbons (Fsp3) is 0.263. The van der Waals surface area contributed by atoms with E-state index in [2.05, 4.69) is 0 Å². The lowest BCUT2D eigenvalue weighted by molar-refractivity contribution is -0.129. The quantitative estimate of drug-likeness (QED) is 0.795. The number of hydrogen-bond donors (Lipinski definition) is 0. The molecule has 0 atom stereocenters. The summed E-state index contributed by atoms with van der Waals surface area (Å²) in [7, 11) is 1.60. The smallest absolute Gasteiger partial charge is 0.271 e. The van der Waals surface area contributed by atoms with E-state index >= 15 is 0 Å². The van der Waals surface area contributed by atoms with Crippen LogP contribution in [0.2, 0.25) is 0 Å². The van der Waals surface area contributed by atoms with Gasteiger partial charge in [0.25, 0.3) is 11.5 Å². The second-order valence-corrected chi connectivity index (χ2v) is 5.62. The molecule has 0 radical (unpaired) electrons. The lowest BCUT2D eigenvalue weighted by atomic mass is 10.1. The molecule has 0 spiro atoms. The number of pyridine rings is 1. The second kappa shape index (κ2) is 7.81. The van der Waals surface area contributed by atoms with Crippen LogP contribution in [0.25, 0.3) is 11.8 Å². The number of aromatic nitrogens is 1. The molecule has 130 valence electrons. The van der Waals surface area contributed by atoms with Gasteiger partial charge in [0.2, 0.25) is 0 Å². The summed E-state index contributed by atoms with van der Waals surface area (Å²) in [6.45, 7) is 2.04. The van der Waals surface area contributed by atoms with E-state index in [4.69, 9.17) is 9.47 Å². The molecule has 1 saturated heterocycles. The summed E-state index contributed by atoms with van der Waals surface area (Å²) in [6, 6.07) is 12.2. The lowest BCUT2D eigenvalue weighted by Gasteiger charge is -2.28. The molecule has 3 rings (SSSR count). The predicted molar refractivity (Wildman–Crippen MR) is 95.3 cm³/mol. The third-order valence-electron chi connectivity index (χ3n) is 4.02. The second-order valence-electron chi connectivity index (χ2n) is 5.62. The van der Waals surface area contributed by atoms with Gasteiger partial charge in [-0.3, -0.25) is 14.2 Å². The first kappa shape index (κ1) is 17.0. The average molecular weight is 340 g/mol. The van der Waals surface area contributed by atoms with Crippen molar-refractivity contribution in [2.24, 2.45) is 0 Å². The first-order valence-electron chi connectivity index (χ1n) is 8.10. The Bertz CT molecular complexity index is 818. The zero-order chi connectivity index (χ0) is 17.6. The standard InChI is InChI=1S/C19H20N2O4/c1-24-16-7-5-15(6-8-16)14-17(21-9-3-2-4-18(21)22)19(23)20-10-12-25-13-11-20/h2-9,14H,10-13H2,1H3. The Morgan fingerprint density at radius 1 is 1.12 bits per heavy atom. The lowest BCUT2D eigenvalue weighted by Crippen LogP contribution is -2.42. The van der Waals surface area contributed by atoms with Gasteiger partial charge < -0.3 is 14.4 Å². The van der Waals surface area contributed by atoms with Crippen LogP contribution in [0.1, 0.15) is 5.56 Å². The molecule has 1 aromatic heterocycles. The molecule has 0 N–H and O–H groups in total. The van der Waals surface area contributed by atoms with Crippen LogP contribution in [-0.2, 0) is 9.53 Å². The highest BCUT2D eigenvalue weighted by atomic mass is 16.5. The van der Waals surface area contributed by atoms with Crippen molar-refractivity contribution in [1.82, 2.24) is 9.47 Å². The molecule has 1 amide bonds. The van der Waals surface area contributed by atoms with Crippen LogP contribution < -0.4 is 10.3 Å². The maximum atomic E-state index is 13.0. The topological polar surface area (TPSA) is 60.8 Å². The van der Waals surface area contributed by atoms with Gasteiger partial charge in [-0.05, 0) is 29.8 Å². The van der Waals surface area contributed by atoms with Gasteiger partial charge in [-0.15, -0.1) is 0 Å². The minimum atomic E-state index is -0.246. The first-order chi connectivity index (χ1) is 12.2. The van der Waals surface area contributed by atoms with Crippen LogP contribution in [0.3, 0.4) is 0 Å². The largest absolute Gasteiger partial charge is 0.497 e. The van der Waals surface area contributed by atoms with E-state index < -0.39 is 0 Å². The number of nitrogens with zero attached hydrogens (tertiary/aromatic N) is 2. The molecular weight excluding hydrogens is 320 g/mol. The van der Waals surface area contributed by atoms with Gasteiger partial charge in [-0.1, -0.05) is 18.2 Å². The van der Waals surface area contributed by atoms with Crippen LogP contribution in [-0.4, -0.2) is 48.8 Å². The Morgan fingerprint density at radius 2 is 1.84 bits per heavy atom. The molecule has 1 aliphatic heterocycles. The number of methoxy groups -OCH3 is 1. The van der Waals surface area contributed by atoms with Gasteiger partial charge in [0.05, 0.1) is 20.3 Å². The fourth-order valence-electron chi connectivity index (χ4n) is 2.65. The van der Waals surface area contributed by atoms with E-state index in [-0.39, 0.29) is 11.5 Å². The van der Waals surface area contributed by atoms with Gasteiger partial charge >= 0.3 is 0 Å². The molecule has 2 heterocycles. The van der Waals surface area contributed by atoms with Gasteiger partial charge in [0, 0.05) is 25.4 Å². The van der Waals surface area contributed by atoms with E-state index in [1.165, 1.54) is 10.6 Å². The first-order valence-corrected chi connectivity index (χ1v) is 8.10. The summed E-state index contributed by atoms with van der Waals surface area (Å²) in [5, 5.41) is 0. The molecule has 0 bridgehead atoms. The maximum absolute atomic E-state index is 13.0.